The van der Waals surface area contributed by atoms with E-state index in [1.54, 1.807) is 36.4 Å². The fourth-order valence-electron chi connectivity index (χ4n) is 2.31. The summed E-state index contributed by atoms with van der Waals surface area (Å²) in [7, 11) is 0. The van der Waals surface area contributed by atoms with Crippen molar-refractivity contribution in [2.75, 3.05) is 13.2 Å². The first-order valence-corrected chi connectivity index (χ1v) is 8.36. The van der Waals surface area contributed by atoms with E-state index in [4.69, 9.17) is 9.47 Å². The van der Waals surface area contributed by atoms with E-state index < -0.39 is 11.8 Å². The molecule has 0 heterocycles. The van der Waals surface area contributed by atoms with Gasteiger partial charge in [-0.05, 0) is 43.2 Å². The standard InChI is InChI=1S/C20H21N3O3/c1-3-25-18-11-10-15(12-19(18)26-4-2)14-22-23-20(24)17(13-21)16-8-6-5-7-9-16/h5-12,14,17H,3-4H2,1-2H3,(H,23,24)/b22-14-/t17-/m0/s1. The maximum atomic E-state index is 12.2. The van der Waals surface area contributed by atoms with Crippen molar-refractivity contribution in [2.45, 2.75) is 19.8 Å². The molecule has 0 saturated carbocycles. The second-order valence-corrected chi connectivity index (χ2v) is 5.28. The third kappa shape index (κ3) is 5.08. The molecule has 0 radical (unpaired) electrons. The van der Waals surface area contributed by atoms with E-state index in [1.807, 2.05) is 32.0 Å². The summed E-state index contributed by atoms with van der Waals surface area (Å²) >= 11 is 0. The van der Waals surface area contributed by atoms with E-state index in [2.05, 4.69) is 10.5 Å². The Labute approximate surface area is 153 Å². The molecule has 0 spiro atoms. The topological polar surface area (TPSA) is 83.7 Å². The lowest BCUT2D eigenvalue weighted by atomic mass is 10.0. The van der Waals surface area contributed by atoms with Crippen molar-refractivity contribution in [1.29, 1.82) is 5.26 Å². The van der Waals surface area contributed by atoms with Crippen LogP contribution >= 0.6 is 0 Å². The molecule has 26 heavy (non-hydrogen) atoms. The van der Waals surface area contributed by atoms with Gasteiger partial charge in [-0.3, -0.25) is 4.79 Å². The van der Waals surface area contributed by atoms with Crippen LogP contribution in [0.4, 0.5) is 0 Å². The Kier molecular flexibility index (Phi) is 7.19. The quantitative estimate of drug-likeness (QED) is 0.584. The number of nitriles is 1. The van der Waals surface area contributed by atoms with Crippen LogP contribution in [0.25, 0.3) is 0 Å². The molecule has 0 bridgehead atoms. The van der Waals surface area contributed by atoms with Crippen molar-refractivity contribution in [3.8, 4) is 17.6 Å². The fourth-order valence-corrected chi connectivity index (χ4v) is 2.31. The predicted octanol–water partition coefficient (Wildman–Crippen LogP) is 3.24. The van der Waals surface area contributed by atoms with Gasteiger partial charge in [-0.2, -0.15) is 10.4 Å². The summed E-state index contributed by atoms with van der Waals surface area (Å²) in [5.41, 5.74) is 3.78. The third-order valence-electron chi connectivity index (χ3n) is 3.48. The Morgan fingerprint density at radius 2 is 1.85 bits per heavy atom. The molecule has 0 aromatic heterocycles. The SMILES string of the molecule is CCOc1ccc(/C=N\NC(=O)[C@@H](C#N)c2ccccc2)cc1OCC. The first kappa shape index (κ1) is 19.0. The molecule has 1 amide bonds. The zero-order valence-corrected chi connectivity index (χ0v) is 14.8. The first-order valence-electron chi connectivity index (χ1n) is 8.36. The Bertz CT molecular complexity index is 798. The van der Waals surface area contributed by atoms with Gasteiger partial charge in [0.25, 0.3) is 5.91 Å². The monoisotopic (exact) mass is 351 g/mol. The van der Waals surface area contributed by atoms with E-state index in [1.165, 1.54) is 6.21 Å². The second-order valence-electron chi connectivity index (χ2n) is 5.28. The van der Waals surface area contributed by atoms with Crippen molar-refractivity contribution in [3.05, 3.63) is 59.7 Å². The molecular formula is C20H21N3O3. The number of carbonyl (C=O) groups is 1. The van der Waals surface area contributed by atoms with Gasteiger partial charge in [0.2, 0.25) is 0 Å². The van der Waals surface area contributed by atoms with Crippen LogP contribution in [-0.2, 0) is 4.79 Å². The predicted molar refractivity (Wildman–Crippen MR) is 99.3 cm³/mol. The zero-order valence-electron chi connectivity index (χ0n) is 14.8. The molecule has 0 saturated heterocycles. The molecular weight excluding hydrogens is 330 g/mol. The third-order valence-corrected chi connectivity index (χ3v) is 3.48. The van der Waals surface area contributed by atoms with Crippen LogP contribution in [0, 0.1) is 11.3 Å². The Hall–Kier alpha value is -3.33. The van der Waals surface area contributed by atoms with Crippen LogP contribution in [0.2, 0.25) is 0 Å². The van der Waals surface area contributed by atoms with Gasteiger partial charge in [0.15, 0.2) is 17.4 Å². The summed E-state index contributed by atoms with van der Waals surface area (Å²) < 4.78 is 11.1. The van der Waals surface area contributed by atoms with Crippen LogP contribution in [0.5, 0.6) is 11.5 Å². The molecule has 6 nitrogen and oxygen atoms in total. The molecule has 0 fully saturated rings. The molecule has 1 atom stereocenters. The van der Waals surface area contributed by atoms with Gasteiger partial charge in [0.05, 0.1) is 25.5 Å². The Morgan fingerprint density at radius 3 is 2.50 bits per heavy atom. The molecule has 0 aliphatic rings. The van der Waals surface area contributed by atoms with E-state index in [0.717, 1.165) is 5.56 Å². The average Bonchev–Trinajstić information content (AvgIpc) is 2.65. The first-order chi connectivity index (χ1) is 12.7. The normalized spacial score (nSPS) is 11.6. The van der Waals surface area contributed by atoms with Crippen LogP contribution in [0.3, 0.4) is 0 Å². The molecule has 0 unspecified atom stereocenters. The molecule has 0 aliphatic carbocycles. The number of hydrogen-bond donors (Lipinski definition) is 1. The van der Waals surface area contributed by atoms with Gasteiger partial charge in [-0.1, -0.05) is 30.3 Å². The molecule has 0 aliphatic heterocycles. The minimum Gasteiger partial charge on any atom is -0.490 e. The smallest absolute Gasteiger partial charge is 0.261 e. The number of nitrogens with zero attached hydrogens (tertiary/aromatic N) is 2. The van der Waals surface area contributed by atoms with Crippen molar-refractivity contribution < 1.29 is 14.3 Å². The summed E-state index contributed by atoms with van der Waals surface area (Å²) in [5.74, 6) is -0.119. The Morgan fingerprint density at radius 1 is 1.15 bits per heavy atom. The number of benzene rings is 2. The van der Waals surface area contributed by atoms with Crippen molar-refractivity contribution >= 4 is 12.1 Å². The van der Waals surface area contributed by atoms with Crippen molar-refractivity contribution in [1.82, 2.24) is 5.43 Å². The lowest BCUT2D eigenvalue weighted by molar-refractivity contribution is -0.121. The summed E-state index contributed by atoms with van der Waals surface area (Å²) in [6.07, 6.45) is 1.50. The summed E-state index contributed by atoms with van der Waals surface area (Å²) in [6, 6.07) is 16.2. The summed E-state index contributed by atoms with van der Waals surface area (Å²) in [6.45, 7) is 4.85. The highest BCUT2D eigenvalue weighted by Crippen LogP contribution is 2.28. The van der Waals surface area contributed by atoms with Crippen molar-refractivity contribution in [2.24, 2.45) is 5.10 Å². The second kappa shape index (κ2) is 9.84. The lowest BCUT2D eigenvalue weighted by Crippen LogP contribution is -2.24. The number of carbonyl (C=O) groups excluding carboxylic acids is 1. The number of amides is 1. The number of ether oxygens (including phenoxy) is 2. The van der Waals surface area contributed by atoms with Gasteiger partial charge in [0, 0.05) is 0 Å². The molecule has 6 heteroatoms. The maximum absolute atomic E-state index is 12.2. The van der Waals surface area contributed by atoms with Gasteiger partial charge in [-0.15, -0.1) is 0 Å². The molecule has 1 N–H and O–H groups in total. The minimum atomic E-state index is -0.910. The molecule has 134 valence electrons. The van der Waals surface area contributed by atoms with E-state index >= 15 is 0 Å². The van der Waals surface area contributed by atoms with Crippen LogP contribution < -0.4 is 14.9 Å². The molecule has 2 aromatic rings. The van der Waals surface area contributed by atoms with Gasteiger partial charge < -0.3 is 9.47 Å². The highest BCUT2D eigenvalue weighted by Gasteiger charge is 2.19. The van der Waals surface area contributed by atoms with Gasteiger partial charge >= 0.3 is 0 Å². The molecule has 2 aromatic carbocycles. The number of nitrogens with one attached hydrogen (secondary N) is 1. The minimum absolute atomic E-state index is 0.481. The van der Waals surface area contributed by atoms with Gasteiger partial charge in [0.1, 0.15) is 0 Å². The average molecular weight is 351 g/mol. The summed E-state index contributed by atoms with van der Waals surface area (Å²) in [5, 5.41) is 13.2. The van der Waals surface area contributed by atoms with Gasteiger partial charge in [-0.25, -0.2) is 5.43 Å². The van der Waals surface area contributed by atoms with E-state index in [9.17, 15) is 10.1 Å². The largest absolute Gasteiger partial charge is 0.490 e. The number of rotatable bonds is 8. The number of hydrazone groups is 1. The van der Waals surface area contributed by atoms with Crippen molar-refractivity contribution in [3.63, 3.8) is 0 Å². The van der Waals surface area contributed by atoms with E-state index in [-0.39, 0.29) is 0 Å². The fraction of sp³-hybridized carbons (Fsp3) is 0.250. The number of hydrogen-bond acceptors (Lipinski definition) is 5. The van der Waals surface area contributed by atoms with Crippen LogP contribution in [-0.4, -0.2) is 25.3 Å². The molecule has 2 rings (SSSR count). The highest BCUT2D eigenvalue weighted by molar-refractivity contribution is 5.88. The lowest BCUT2D eigenvalue weighted by Gasteiger charge is -2.11. The van der Waals surface area contributed by atoms with E-state index in [0.29, 0.717) is 30.3 Å². The van der Waals surface area contributed by atoms with Crippen LogP contribution in [0.15, 0.2) is 53.6 Å². The summed E-state index contributed by atoms with van der Waals surface area (Å²) in [4.78, 5) is 12.2. The maximum Gasteiger partial charge on any atom is 0.261 e. The Balaban J connectivity index is 2.06. The highest BCUT2D eigenvalue weighted by atomic mass is 16.5. The zero-order chi connectivity index (χ0) is 18.8. The van der Waals surface area contributed by atoms with Crippen LogP contribution in [0.1, 0.15) is 30.9 Å².